The lowest BCUT2D eigenvalue weighted by Gasteiger charge is -2.11. The average Bonchev–Trinajstić information content (AvgIpc) is 2.00. The molecule has 1 unspecified atom stereocenters. The van der Waals surface area contributed by atoms with E-state index in [-0.39, 0.29) is 11.7 Å². The van der Waals surface area contributed by atoms with Gasteiger partial charge in [0.2, 0.25) is 0 Å². The van der Waals surface area contributed by atoms with Crippen LogP contribution in [0.2, 0.25) is 0 Å². The number of Topliss-reactive ketones (excluding diaryl/α,β-unsaturated/α-hetero) is 1. The van der Waals surface area contributed by atoms with Crippen molar-refractivity contribution in [1.82, 2.24) is 5.32 Å². The van der Waals surface area contributed by atoms with Crippen LogP contribution in [0, 0.1) is 5.92 Å². The summed E-state index contributed by atoms with van der Waals surface area (Å²) in [6, 6.07) is 0.374. The van der Waals surface area contributed by atoms with E-state index in [1.165, 1.54) is 0 Å². The number of hydrogen-bond donors (Lipinski definition) is 2. The van der Waals surface area contributed by atoms with Gasteiger partial charge in [-0.3, -0.25) is 4.79 Å². The molecular weight excluding hydrogens is 152 g/mol. The maximum atomic E-state index is 11.3. The molecular formula is C9H20N2O. The van der Waals surface area contributed by atoms with Crippen LogP contribution in [-0.4, -0.2) is 24.9 Å². The number of ketones is 1. The summed E-state index contributed by atoms with van der Waals surface area (Å²) in [7, 11) is 0. The first kappa shape index (κ1) is 11.6. The summed E-state index contributed by atoms with van der Waals surface area (Å²) in [5.41, 5.74) is 5.35. The van der Waals surface area contributed by atoms with Crippen molar-refractivity contribution in [2.45, 2.75) is 33.2 Å². The largest absolute Gasteiger partial charge is 0.330 e. The molecule has 0 aliphatic rings. The lowest BCUT2D eigenvalue weighted by atomic mass is 10.0. The summed E-state index contributed by atoms with van der Waals surface area (Å²) in [5.74, 6) is 0.357. The topological polar surface area (TPSA) is 55.1 Å². The molecule has 0 aliphatic carbocycles. The number of carbonyl (C=O) groups is 1. The van der Waals surface area contributed by atoms with Gasteiger partial charge in [-0.05, 0) is 13.0 Å². The van der Waals surface area contributed by atoms with Crippen LogP contribution >= 0.6 is 0 Å². The van der Waals surface area contributed by atoms with Crippen molar-refractivity contribution in [3.8, 4) is 0 Å². The van der Waals surface area contributed by atoms with Crippen molar-refractivity contribution in [2.75, 3.05) is 13.1 Å². The number of carbonyl (C=O) groups excluding carboxylic acids is 1. The quantitative estimate of drug-likeness (QED) is 0.615. The molecule has 0 amide bonds. The fourth-order valence-electron chi connectivity index (χ4n) is 0.890. The molecule has 3 N–H and O–H groups in total. The molecule has 0 fully saturated rings. The van der Waals surface area contributed by atoms with Gasteiger partial charge in [-0.15, -0.1) is 0 Å². The fraction of sp³-hybridized carbons (Fsp3) is 0.889. The second-order valence-electron chi connectivity index (χ2n) is 3.48. The molecule has 3 heteroatoms. The van der Waals surface area contributed by atoms with Gasteiger partial charge in [0.05, 0.1) is 6.54 Å². The second-order valence-corrected chi connectivity index (χ2v) is 3.48. The summed E-state index contributed by atoms with van der Waals surface area (Å²) < 4.78 is 0. The van der Waals surface area contributed by atoms with Gasteiger partial charge in [0.15, 0.2) is 0 Å². The molecule has 0 saturated heterocycles. The Balaban J connectivity index is 3.57. The molecule has 0 rings (SSSR count). The van der Waals surface area contributed by atoms with Gasteiger partial charge in [-0.2, -0.15) is 0 Å². The van der Waals surface area contributed by atoms with Crippen LogP contribution < -0.4 is 11.1 Å². The highest BCUT2D eigenvalue weighted by molar-refractivity contribution is 5.82. The van der Waals surface area contributed by atoms with Crippen LogP contribution in [-0.2, 0) is 4.79 Å². The van der Waals surface area contributed by atoms with Crippen molar-refractivity contribution in [3.05, 3.63) is 0 Å². The number of nitrogens with two attached hydrogens (primary N) is 1. The van der Waals surface area contributed by atoms with Gasteiger partial charge >= 0.3 is 0 Å². The SMILES string of the molecule is CC(C)NCC(=O)C(C)CCN. The normalized spacial score (nSPS) is 13.4. The van der Waals surface area contributed by atoms with E-state index in [0.717, 1.165) is 6.42 Å². The summed E-state index contributed by atoms with van der Waals surface area (Å²) >= 11 is 0. The molecule has 0 aromatic heterocycles. The highest BCUT2D eigenvalue weighted by Crippen LogP contribution is 2.00. The molecule has 0 aliphatic heterocycles. The van der Waals surface area contributed by atoms with Crippen LogP contribution in [0.1, 0.15) is 27.2 Å². The van der Waals surface area contributed by atoms with Crippen LogP contribution in [0.5, 0.6) is 0 Å². The lowest BCUT2D eigenvalue weighted by molar-refractivity contribution is -0.121. The van der Waals surface area contributed by atoms with E-state index >= 15 is 0 Å². The highest BCUT2D eigenvalue weighted by atomic mass is 16.1. The van der Waals surface area contributed by atoms with Crippen LogP contribution in [0.15, 0.2) is 0 Å². The Hall–Kier alpha value is -0.410. The lowest BCUT2D eigenvalue weighted by Crippen LogP contribution is -2.32. The third-order valence-electron chi connectivity index (χ3n) is 1.83. The van der Waals surface area contributed by atoms with E-state index < -0.39 is 0 Å². The van der Waals surface area contributed by atoms with Crippen molar-refractivity contribution in [3.63, 3.8) is 0 Å². The van der Waals surface area contributed by atoms with Gasteiger partial charge in [0.25, 0.3) is 0 Å². The van der Waals surface area contributed by atoms with Crippen LogP contribution in [0.3, 0.4) is 0 Å². The third-order valence-corrected chi connectivity index (χ3v) is 1.83. The summed E-state index contributed by atoms with van der Waals surface area (Å²) in [6.07, 6.45) is 0.790. The summed E-state index contributed by atoms with van der Waals surface area (Å²) in [6.45, 7) is 7.05. The minimum absolute atomic E-state index is 0.0984. The molecule has 72 valence electrons. The van der Waals surface area contributed by atoms with Crippen LogP contribution in [0.25, 0.3) is 0 Å². The van der Waals surface area contributed by atoms with E-state index in [4.69, 9.17) is 5.73 Å². The molecule has 3 nitrogen and oxygen atoms in total. The Labute approximate surface area is 74.7 Å². The minimum Gasteiger partial charge on any atom is -0.330 e. The molecule has 0 aromatic carbocycles. The second kappa shape index (κ2) is 6.14. The van der Waals surface area contributed by atoms with Crippen LogP contribution in [0.4, 0.5) is 0 Å². The standard InChI is InChI=1S/C9H20N2O/c1-7(2)11-6-9(12)8(3)4-5-10/h7-8,11H,4-6,10H2,1-3H3. The predicted molar refractivity (Wildman–Crippen MR) is 51.0 cm³/mol. The fourth-order valence-corrected chi connectivity index (χ4v) is 0.890. The van der Waals surface area contributed by atoms with Gasteiger partial charge in [0, 0.05) is 12.0 Å². The molecule has 0 saturated carbocycles. The summed E-state index contributed by atoms with van der Waals surface area (Å²) in [5, 5.41) is 3.09. The van der Waals surface area contributed by atoms with E-state index in [0.29, 0.717) is 19.1 Å². The maximum Gasteiger partial charge on any atom is 0.149 e. The maximum absolute atomic E-state index is 11.3. The molecule has 0 heterocycles. The Morgan fingerprint density at radius 3 is 2.42 bits per heavy atom. The third kappa shape index (κ3) is 5.27. The molecule has 0 bridgehead atoms. The van der Waals surface area contributed by atoms with Crippen molar-refractivity contribution in [1.29, 1.82) is 0 Å². The first-order chi connectivity index (χ1) is 5.57. The average molecular weight is 172 g/mol. The number of nitrogens with one attached hydrogen (secondary N) is 1. The van der Waals surface area contributed by atoms with Crippen molar-refractivity contribution in [2.24, 2.45) is 11.7 Å². The Morgan fingerprint density at radius 1 is 1.42 bits per heavy atom. The molecule has 0 radical (unpaired) electrons. The van der Waals surface area contributed by atoms with E-state index in [1.807, 2.05) is 20.8 Å². The molecule has 0 aromatic rings. The number of rotatable bonds is 6. The van der Waals surface area contributed by atoms with Crippen molar-refractivity contribution >= 4 is 5.78 Å². The molecule has 12 heavy (non-hydrogen) atoms. The summed E-state index contributed by atoms with van der Waals surface area (Å²) in [4.78, 5) is 11.3. The smallest absolute Gasteiger partial charge is 0.149 e. The molecule has 0 spiro atoms. The van der Waals surface area contributed by atoms with Gasteiger partial charge < -0.3 is 11.1 Å². The Kier molecular flexibility index (Phi) is 5.93. The first-order valence-corrected chi connectivity index (χ1v) is 4.54. The zero-order valence-corrected chi connectivity index (χ0v) is 8.26. The van der Waals surface area contributed by atoms with E-state index in [2.05, 4.69) is 5.32 Å². The zero-order valence-electron chi connectivity index (χ0n) is 8.26. The van der Waals surface area contributed by atoms with Gasteiger partial charge in [0.1, 0.15) is 5.78 Å². The minimum atomic E-state index is 0.0984. The van der Waals surface area contributed by atoms with Gasteiger partial charge in [-0.1, -0.05) is 20.8 Å². The number of hydrogen-bond acceptors (Lipinski definition) is 3. The van der Waals surface area contributed by atoms with E-state index in [1.54, 1.807) is 0 Å². The Morgan fingerprint density at radius 2 is 2.00 bits per heavy atom. The van der Waals surface area contributed by atoms with Crippen molar-refractivity contribution < 1.29 is 4.79 Å². The first-order valence-electron chi connectivity index (χ1n) is 4.54. The van der Waals surface area contributed by atoms with E-state index in [9.17, 15) is 4.79 Å². The van der Waals surface area contributed by atoms with Gasteiger partial charge in [-0.25, -0.2) is 0 Å². The monoisotopic (exact) mass is 172 g/mol. The zero-order chi connectivity index (χ0) is 9.56. The predicted octanol–water partition coefficient (Wildman–Crippen LogP) is 0.538. The Bertz CT molecular complexity index is 134. The molecule has 1 atom stereocenters. The highest BCUT2D eigenvalue weighted by Gasteiger charge is 2.11.